The van der Waals surface area contributed by atoms with Gasteiger partial charge in [-0.3, -0.25) is 10.1 Å². The highest BCUT2D eigenvalue weighted by atomic mass is 127. The lowest BCUT2D eigenvalue weighted by atomic mass is 9.86. The predicted octanol–water partition coefficient (Wildman–Crippen LogP) is 4.55. The van der Waals surface area contributed by atoms with Gasteiger partial charge in [-0.15, -0.1) is 0 Å². The van der Waals surface area contributed by atoms with E-state index in [2.05, 4.69) is 51.2 Å². The van der Waals surface area contributed by atoms with Crippen LogP contribution in [0.25, 0.3) is 10.2 Å². The van der Waals surface area contributed by atoms with E-state index in [1.54, 1.807) is 0 Å². The Bertz CT molecular complexity index is 936. The fourth-order valence-corrected chi connectivity index (χ4v) is 4.74. The molecule has 2 N–H and O–H groups in total. The third-order valence-electron chi connectivity index (χ3n) is 4.71. The number of carbonyl (C=O) groups excluding carboxylic acids is 1. The zero-order valence-electron chi connectivity index (χ0n) is 14.2. The van der Waals surface area contributed by atoms with E-state index < -0.39 is 0 Å². The number of nitrogens with zero attached hydrogens (tertiary/aromatic N) is 1. The van der Waals surface area contributed by atoms with Gasteiger partial charge in [-0.05, 0) is 60.7 Å². The smallest absolute Gasteiger partial charge is 0.257 e. The van der Waals surface area contributed by atoms with Gasteiger partial charge in [0.2, 0.25) is 0 Å². The first kappa shape index (κ1) is 17.9. The van der Waals surface area contributed by atoms with Crippen LogP contribution in [0.2, 0.25) is 0 Å². The summed E-state index contributed by atoms with van der Waals surface area (Å²) in [6, 6.07) is 11.9. The van der Waals surface area contributed by atoms with Crippen LogP contribution in [0.4, 0.5) is 5.13 Å². The minimum absolute atomic E-state index is 0.0920. The number of rotatable bonds is 4. The van der Waals surface area contributed by atoms with Gasteiger partial charge in [0, 0.05) is 16.5 Å². The molecule has 0 saturated carbocycles. The number of nitrogens with one attached hydrogen (secondary N) is 2. The summed E-state index contributed by atoms with van der Waals surface area (Å²) in [4.78, 5) is 17.4. The van der Waals surface area contributed by atoms with Gasteiger partial charge in [0.25, 0.3) is 5.91 Å². The van der Waals surface area contributed by atoms with E-state index in [4.69, 9.17) is 0 Å². The summed E-state index contributed by atoms with van der Waals surface area (Å²) in [5, 5.41) is 7.01. The van der Waals surface area contributed by atoms with Gasteiger partial charge in [-0.2, -0.15) is 0 Å². The maximum Gasteiger partial charge on any atom is 0.257 e. The molecule has 0 spiro atoms. The maximum absolute atomic E-state index is 12.9. The average Bonchev–Trinajstić information content (AvgIpc) is 3.08. The van der Waals surface area contributed by atoms with Gasteiger partial charge in [-0.25, -0.2) is 4.98 Å². The highest BCUT2D eigenvalue weighted by molar-refractivity contribution is 14.1. The molecule has 2 heterocycles. The van der Waals surface area contributed by atoms with E-state index >= 15 is 0 Å². The van der Waals surface area contributed by atoms with Crippen LogP contribution in [0.5, 0.6) is 0 Å². The van der Waals surface area contributed by atoms with Crippen molar-refractivity contribution in [1.29, 1.82) is 0 Å². The number of para-hydroxylation sites is 1. The topological polar surface area (TPSA) is 54.0 Å². The largest absolute Gasteiger partial charge is 0.312 e. The van der Waals surface area contributed by atoms with Gasteiger partial charge >= 0.3 is 0 Å². The fourth-order valence-electron chi connectivity index (χ4n) is 3.40. The number of hydrogen-bond donors (Lipinski definition) is 2. The molecule has 133 valence electrons. The first-order valence-corrected chi connectivity index (χ1v) is 10.9. The molecule has 1 atom stereocenters. The Balaban J connectivity index is 1.67. The summed E-state index contributed by atoms with van der Waals surface area (Å²) >= 11 is 3.87. The van der Waals surface area contributed by atoms with Crippen molar-refractivity contribution in [3.63, 3.8) is 0 Å². The second-order valence-electron chi connectivity index (χ2n) is 6.38. The molecule has 1 aliphatic rings. The molecule has 3 aromatic rings. The Labute approximate surface area is 170 Å². The molecule has 1 radical (unpaired) electrons. The van der Waals surface area contributed by atoms with E-state index in [0.717, 1.165) is 45.3 Å². The Morgan fingerprint density at radius 2 is 2.15 bits per heavy atom. The number of carbonyl (C=O) groups is 1. The number of fused-ring (bicyclic) bond motifs is 2. The van der Waals surface area contributed by atoms with E-state index in [1.165, 1.54) is 22.5 Å². The summed E-state index contributed by atoms with van der Waals surface area (Å²) in [5.74, 6) is 0.162. The van der Waals surface area contributed by atoms with Crippen molar-refractivity contribution < 1.29 is 4.79 Å². The molecule has 26 heavy (non-hydrogen) atoms. The normalized spacial score (nSPS) is 14.8. The Hall–Kier alpha value is -1.51. The van der Waals surface area contributed by atoms with Gasteiger partial charge < -0.3 is 5.32 Å². The summed E-state index contributed by atoms with van der Waals surface area (Å²) < 4.78 is 2.04. The quantitative estimate of drug-likeness (QED) is 0.429. The van der Waals surface area contributed by atoms with Gasteiger partial charge in [0.05, 0.1) is 10.2 Å². The fraction of sp³-hybridized carbons (Fsp3) is 0.250. The summed E-state index contributed by atoms with van der Waals surface area (Å²) in [5.41, 5.74) is 5.31. The predicted molar refractivity (Wildman–Crippen MR) is 116 cm³/mol. The lowest BCUT2D eigenvalue weighted by Crippen LogP contribution is -2.28. The zero-order valence-corrected chi connectivity index (χ0v) is 17.2. The first-order valence-electron chi connectivity index (χ1n) is 8.58. The van der Waals surface area contributed by atoms with Crippen LogP contribution in [0.1, 0.15) is 33.0 Å². The number of halogens is 1. The number of anilines is 1. The number of alkyl halides is 1. The Morgan fingerprint density at radius 3 is 2.96 bits per heavy atom. The van der Waals surface area contributed by atoms with Crippen molar-refractivity contribution >= 4 is 55.2 Å². The number of thiazole rings is 1. The van der Waals surface area contributed by atoms with Crippen LogP contribution in [0, 0.1) is 6.92 Å². The number of benzene rings is 2. The van der Waals surface area contributed by atoms with Crippen molar-refractivity contribution in [2.45, 2.75) is 18.9 Å². The van der Waals surface area contributed by atoms with E-state index in [-0.39, 0.29) is 11.8 Å². The van der Waals surface area contributed by atoms with Gasteiger partial charge in [-0.1, -0.05) is 52.1 Å². The average molecular weight is 476 g/mol. The van der Waals surface area contributed by atoms with Crippen LogP contribution in [0.3, 0.4) is 0 Å². The Kier molecular flexibility index (Phi) is 5.24. The van der Waals surface area contributed by atoms with Crippen LogP contribution in [-0.2, 0) is 13.0 Å². The molecular weight excluding hydrogens is 457 g/mol. The molecule has 4 rings (SSSR count). The molecule has 2 aromatic carbocycles. The lowest BCUT2D eigenvalue weighted by Gasteiger charge is -2.25. The standard InChI is InChI=1S/C20H19IN3OS/c1-12(10-21)13-6-7-15(16-11-22-9-8-14(13)16)19(25)24-20-23-17-4-2-3-5-18(17)26-20/h2-7,12,22H,1,8-11H2,(H,23,24,25). The molecule has 1 aromatic heterocycles. The first-order chi connectivity index (χ1) is 12.7. The summed E-state index contributed by atoms with van der Waals surface area (Å²) in [7, 11) is 0. The highest BCUT2D eigenvalue weighted by Gasteiger charge is 2.23. The summed E-state index contributed by atoms with van der Waals surface area (Å²) in [6.45, 7) is 5.93. The molecule has 0 aliphatic carbocycles. The molecule has 4 nitrogen and oxygen atoms in total. The highest BCUT2D eigenvalue weighted by Crippen LogP contribution is 2.30. The maximum atomic E-state index is 12.9. The molecule has 1 aliphatic heterocycles. The molecular formula is C20H19IN3OS. The van der Waals surface area contributed by atoms with E-state index in [1.807, 2.05) is 30.3 Å². The molecule has 1 amide bonds. The minimum atomic E-state index is -0.0920. The third-order valence-corrected chi connectivity index (χ3v) is 6.72. The monoisotopic (exact) mass is 476 g/mol. The van der Waals surface area contributed by atoms with Crippen molar-refractivity contribution in [3.05, 3.63) is 65.6 Å². The van der Waals surface area contributed by atoms with E-state index in [0.29, 0.717) is 5.13 Å². The SMILES string of the molecule is [CH2]C(CI)c1ccc(C(=O)Nc2nc3ccccc3s2)c2c1CCNC2. The lowest BCUT2D eigenvalue weighted by molar-refractivity contribution is 0.102. The van der Waals surface area contributed by atoms with E-state index in [9.17, 15) is 4.79 Å². The number of hydrogen-bond acceptors (Lipinski definition) is 4. The second kappa shape index (κ2) is 7.62. The molecule has 0 bridgehead atoms. The summed E-state index contributed by atoms with van der Waals surface area (Å²) in [6.07, 6.45) is 0.940. The van der Waals surface area contributed by atoms with Crippen LogP contribution >= 0.6 is 33.9 Å². The van der Waals surface area contributed by atoms with Crippen molar-refractivity contribution in [2.75, 3.05) is 16.3 Å². The molecule has 1 unspecified atom stereocenters. The Morgan fingerprint density at radius 1 is 1.31 bits per heavy atom. The van der Waals surface area contributed by atoms with Crippen LogP contribution in [0.15, 0.2) is 36.4 Å². The third kappa shape index (κ3) is 3.37. The molecule has 0 saturated heterocycles. The van der Waals surface area contributed by atoms with Crippen molar-refractivity contribution in [2.24, 2.45) is 0 Å². The van der Waals surface area contributed by atoms with Crippen LogP contribution < -0.4 is 10.6 Å². The molecule has 6 heteroatoms. The minimum Gasteiger partial charge on any atom is -0.312 e. The number of amides is 1. The van der Waals surface area contributed by atoms with Gasteiger partial charge in [0.15, 0.2) is 5.13 Å². The van der Waals surface area contributed by atoms with Crippen molar-refractivity contribution in [3.8, 4) is 0 Å². The van der Waals surface area contributed by atoms with Crippen LogP contribution in [-0.4, -0.2) is 21.9 Å². The van der Waals surface area contributed by atoms with Crippen molar-refractivity contribution in [1.82, 2.24) is 10.3 Å². The second-order valence-corrected chi connectivity index (χ2v) is 8.29. The zero-order chi connectivity index (χ0) is 18.1. The van der Waals surface area contributed by atoms with Gasteiger partial charge in [0.1, 0.15) is 0 Å². The number of aromatic nitrogens is 1. The molecule has 0 fully saturated rings.